The molecule has 1 aliphatic carbocycles. The molecule has 1 aromatic heterocycles. The van der Waals surface area contributed by atoms with Gasteiger partial charge < -0.3 is 9.15 Å². The molecule has 4 heteroatoms. The maximum Gasteiger partial charge on any atom is 0.306 e. The van der Waals surface area contributed by atoms with Gasteiger partial charge >= 0.3 is 5.97 Å². The molecule has 0 aliphatic heterocycles. The van der Waals surface area contributed by atoms with E-state index in [1.54, 1.807) is 6.26 Å². The molecule has 0 radical (unpaired) electrons. The van der Waals surface area contributed by atoms with Crippen molar-refractivity contribution < 1.29 is 13.9 Å². The van der Waals surface area contributed by atoms with E-state index in [-0.39, 0.29) is 11.6 Å². The summed E-state index contributed by atoms with van der Waals surface area (Å²) in [4.78, 5) is 12.3. The van der Waals surface area contributed by atoms with Crippen LogP contribution in [0.5, 0.6) is 0 Å². The fourth-order valence-electron chi connectivity index (χ4n) is 2.37. The summed E-state index contributed by atoms with van der Waals surface area (Å²) in [5, 5.41) is 0. The van der Waals surface area contributed by atoms with Gasteiger partial charge in [0.05, 0.1) is 6.26 Å². The van der Waals surface area contributed by atoms with Crippen LogP contribution < -0.4 is 0 Å². The van der Waals surface area contributed by atoms with E-state index in [0.717, 1.165) is 29.9 Å². The van der Waals surface area contributed by atoms with Gasteiger partial charge in [0, 0.05) is 17.7 Å². The maximum absolute atomic E-state index is 11.4. The van der Waals surface area contributed by atoms with Crippen LogP contribution in [0.3, 0.4) is 0 Å². The van der Waals surface area contributed by atoms with E-state index >= 15 is 0 Å². The predicted octanol–water partition coefficient (Wildman–Crippen LogP) is 5.34. The zero-order chi connectivity index (χ0) is 16.8. The summed E-state index contributed by atoms with van der Waals surface area (Å²) in [6.45, 7) is 10.1. The lowest BCUT2D eigenvalue weighted by molar-refractivity contribution is -0.166. The van der Waals surface area contributed by atoms with Gasteiger partial charge in [0.25, 0.3) is 0 Å². The molecule has 0 saturated carbocycles. The van der Waals surface area contributed by atoms with Crippen LogP contribution in [0.15, 0.2) is 33.3 Å². The summed E-state index contributed by atoms with van der Waals surface area (Å²) in [5.41, 5.74) is 1.17. The molecule has 3 nitrogen and oxygen atoms in total. The third-order valence-corrected chi connectivity index (χ3v) is 4.69. The minimum atomic E-state index is -0.243. The fourth-order valence-corrected chi connectivity index (χ4v) is 2.49. The Balaban J connectivity index is 0.000000287. The third-order valence-electron chi connectivity index (χ3n) is 4.23. The van der Waals surface area contributed by atoms with Crippen LogP contribution in [0.2, 0.25) is 0 Å². The van der Waals surface area contributed by atoms with Crippen molar-refractivity contribution in [3.05, 3.63) is 29.7 Å². The lowest BCUT2D eigenvalue weighted by Gasteiger charge is -2.39. The number of hydrogen-bond donors (Lipinski definition) is 1. The van der Waals surface area contributed by atoms with Crippen LogP contribution in [0.4, 0.5) is 0 Å². The number of hydrogen-bond acceptors (Lipinski definition) is 4. The molecule has 0 fully saturated rings. The summed E-state index contributed by atoms with van der Waals surface area (Å²) < 4.78 is 10.5. The van der Waals surface area contributed by atoms with Crippen molar-refractivity contribution in [1.82, 2.24) is 0 Å². The number of allylic oxidation sites excluding steroid dienone is 1. The fraction of sp³-hybridized carbons (Fsp3) is 0.611. The van der Waals surface area contributed by atoms with Crippen LogP contribution in [-0.4, -0.2) is 11.6 Å². The minimum absolute atomic E-state index is 0.0725. The summed E-state index contributed by atoms with van der Waals surface area (Å²) in [7, 11) is 0. The Morgan fingerprint density at radius 2 is 2.14 bits per heavy atom. The van der Waals surface area contributed by atoms with Crippen molar-refractivity contribution in [2.24, 2.45) is 5.92 Å². The first-order chi connectivity index (χ1) is 10.3. The molecule has 1 aromatic rings. The van der Waals surface area contributed by atoms with Gasteiger partial charge in [-0.2, -0.15) is 0 Å². The number of ether oxygens (including phenoxy) is 1. The zero-order valence-electron chi connectivity index (χ0n) is 14.3. The number of carbonyl (C=O) groups is 1. The number of carbonyl (C=O) groups excluding carboxylic acids is 1. The van der Waals surface area contributed by atoms with E-state index in [1.807, 2.05) is 19.9 Å². The topological polar surface area (TPSA) is 39.4 Å². The molecular formula is C18H28O3S. The molecule has 1 aliphatic rings. The number of esters is 1. The molecule has 0 spiro atoms. The minimum Gasteiger partial charge on any atom is -0.468 e. The number of aryl methyl sites for hydroxylation is 1. The van der Waals surface area contributed by atoms with Crippen molar-refractivity contribution in [1.29, 1.82) is 0 Å². The number of furan rings is 1. The average Bonchev–Trinajstić information content (AvgIpc) is 2.86. The second-order valence-electron chi connectivity index (χ2n) is 6.16. The van der Waals surface area contributed by atoms with Gasteiger partial charge in [-0.05, 0) is 38.7 Å². The second-order valence-corrected chi connectivity index (χ2v) is 6.65. The van der Waals surface area contributed by atoms with Crippen molar-refractivity contribution in [2.75, 3.05) is 0 Å². The van der Waals surface area contributed by atoms with Crippen LogP contribution in [0, 0.1) is 12.8 Å². The van der Waals surface area contributed by atoms with Crippen LogP contribution in [-0.2, 0) is 9.53 Å². The maximum atomic E-state index is 11.4. The van der Waals surface area contributed by atoms with E-state index in [1.165, 1.54) is 5.57 Å². The summed E-state index contributed by atoms with van der Waals surface area (Å²) in [6.07, 6.45) is 7.21. The van der Waals surface area contributed by atoms with E-state index in [2.05, 4.69) is 39.5 Å². The van der Waals surface area contributed by atoms with Crippen LogP contribution >= 0.6 is 12.6 Å². The van der Waals surface area contributed by atoms with Gasteiger partial charge in [0.2, 0.25) is 0 Å². The van der Waals surface area contributed by atoms with Gasteiger partial charge in [-0.3, -0.25) is 4.79 Å². The Hall–Kier alpha value is -1.16. The normalized spacial score (nSPS) is 21.0. The smallest absolute Gasteiger partial charge is 0.306 e. The van der Waals surface area contributed by atoms with Gasteiger partial charge in [-0.1, -0.05) is 32.4 Å². The molecule has 124 valence electrons. The first-order valence-corrected chi connectivity index (χ1v) is 8.36. The van der Waals surface area contributed by atoms with Gasteiger partial charge in [0.1, 0.15) is 11.4 Å². The van der Waals surface area contributed by atoms with Crippen LogP contribution in [0.1, 0.15) is 59.1 Å². The Bertz CT molecular complexity index is 500. The standard InChI is InChI=1S/C13H22O2.C5H6OS/c1-5-12(14)15-13(10(2)3)8-6-11(4)7-9-13;1-4-5(7)2-3-6-4/h6,10H,5,7-9H2,1-4H3;2-3,7H,1H3. The van der Waals surface area contributed by atoms with E-state index in [4.69, 9.17) is 9.15 Å². The largest absolute Gasteiger partial charge is 0.468 e. The lowest BCUT2D eigenvalue weighted by Crippen LogP contribution is -2.41. The molecule has 0 aromatic carbocycles. The quantitative estimate of drug-likeness (QED) is 0.463. The first kappa shape index (κ1) is 18.9. The van der Waals surface area contributed by atoms with E-state index in [9.17, 15) is 4.79 Å². The Morgan fingerprint density at radius 3 is 2.45 bits per heavy atom. The lowest BCUT2D eigenvalue weighted by atomic mass is 9.78. The molecule has 0 amide bonds. The van der Waals surface area contributed by atoms with Gasteiger partial charge in [-0.15, -0.1) is 12.6 Å². The summed E-state index contributed by atoms with van der Waals surface area (Å²) >= 11 is 4.06. The molecule has 1 atom stereocenters. The van der Waals surface area contributed by atoms with Crippen molar-refractivity contribution in [2.45, 2.75) is 70.8 Å². The summed E-state index contributed by atoms with van der Waals surface area (Å²) in [6, 6.07) is 1.82. The highest BCUT2D eigenvalue weighted by molar-refractivity contribution is 7.80. The average molecular weight is 324 g/mol. The van der Waals surface area contributed by atoms with Crippen molar-refractivity contribution >= 4 is 18.6 Å². The van der Waals surface area contributed by atoms with E-state index < -0.39 is 0 Å². The predicted molar refractivity (Wildman–Crippen MR) is 92.3 cm³/mol. The summed E-state index contributed by atoms with van der Waals surface area (Å²) in [5.74, 6) is 1.19. The second kappa shape index (κ2) is 8.47. The SMILES string of the molecule is CCC(=O)OC1(C(C)C)CC=C(C)CC1.Cc1occc1S. The molecule has 0 N–H and O–H groups in total. The van der Waals surface area contributed by atoms with E-state index in [0.29, 0.717) is 12.3 Å². The van der Waals surface area contributed by atoms with Crippen LogP contribution in [0.25, 0.3) is 0 Å². The Kier molecular flexibility index (Phi) is 7.27. The zero-order valence-corrected chi connectivity index (χ0v) is 15.2. The van der Waals surface area contributed by atoms with Gasteiger partial charge in [0.15, 0.2) is 0 Å². The molecule has 2 rings (SSSR count). The molecule has 0 saturated heterocycles. The highest BCUT2D eigenvalue weighted by Crippen LogP contribution is 2.37. The number of thiol groups is 1. The Morgan fingerprint density at radius 1 is 1.45 bits per heavy atom. The first-order valence-electron chi connectivity index (χ1n) is 7.91. The van der Waals surface area contributed by atoms with Crippen molar-refractivity contribution in [3.8, 4) is 0 Å². The number of rotatable bonds is 3. The highest BCUT2D eigenvalue weighted by Gasteiger charge is 2.37. The molecule has 22 heavy (non-hydrogen) atoms. The molecule has 0 bridgehead atoms. The molecule has 1 heterocycles. The Labute approximate surface area is 139 Å². The van der Waals surface area contributed by atoms with Gasteiger partial charge in [-0.25, -0.2) is 0 Å². The van der Waals surface area contributed by atoms with Crippen molar-refractivity contribution in [3.63, 3.8) is 0 Å². The monoisotopic (exact) mass is 324 g/mol. The molecular weight excluding hydrogens is 296 g/mol. The third kappa shape index (κ3) is 5.24. The highest BCUT2D eigenvalue weighted by atomic mass is 32.1. The molecule has 1 unspecified atom stereocenters.